The zero-order valence-electron chi connectivity index (χ0n) is 13.2. The van der Waals surface area contributed by atoms with Crippen LogP contribution in [0.2, 0.25) is 0 Å². The van der Waals surface area contributed by atoms with E-state index in [0.29, 0.717) is 6.04 Å². The Bertz CT molecular complexity index is 568. The first-order chi connectivity index (χ1) is 10.3. The van der Waals surface area contributed by atoms with E-state index < -0.39 is 0 Å². The molecule has 3 heteroatoms. The quantitative estimate of drug-likeness (QED) is 0.807. The molecule has 0 saturated carbocycles. The van der Waals surface area contributed by atoms with E-state index in [9.17, 15) is 0 Å². The molecule has 2 aromatic carbocycles. The Morgan fingerprint density at radius 3 is 2.71 bits per heavy atom. The molecule has 1 atom stereocenters. The minimum Gasteiger partial charge on any atom is -0.497 e. The molecular weight excluding hydrogens is 262 g/mol. The van der Waals surface area contributed by atoms with Gasteiger partial charge in [-0.15, -0.1) is 0 Å². The van der Waals surface area contributed by atoms with Crippen LogP contribution in [0.3, 0.4) is 0 Å². The number of likely N-dealkylation sites (N-methyl/N-ethyl adjacent to an activating group) is 1. The first-order valence-corrected chi connectivity index (χ1v) is 7.65. The van der Waals surface area contributed by atoms with Gasteiger partial charge < -0.3 is 14.8 Å². The van der Waals surface area contributed by atoms with Crippen LogP contribution in [0.25, 0.3) is 10.8 Å². The summed E-state index contributed by atoms with van der Waals surface area (Å²) >= 11 is 0. The van der Waals surface area contributed by atoms with E-state index in [1.165, 1.54) is 16.3 Å². The Labute approximate surface area is 127 Å². The lowest BCUT2D eigenvalue weighted by Gasteiger charge is -2.19. The van der Waals surface area contributed by atoms with Crippen LogP contribution in [-0.4, -0.2) is 32.9 Å². The number of ether oxygens (including phenoxy) is 2. The van der Waals surface area contributed by atoms with E-state index >= 15 is 0 Å². The van der Waals surface area contributed by atoms with Crippen LogP contribution in [0.15, 0.2) is 36.4 Å². The van der Waals surface area contributed by atoms with Crippen molar-refractivity contribution in [2.24, 2.45) is 0 Å². The number of nitrogens with one attached hydrogen (secondary N) is 1. The minimum absolute atomic E-state index is 0.340. The topological polar surface area (TPSA) is 30.5 Å². The average Bonchev–Trinajstić information content (AvgIpc) is 2.52. The molecule has 0 radical (unpaired) electrons. The summed E-state index contributed by atoms with van der Waals surface area (Å²) in [6.07, 6.45) is 0.957. The number of benzene rings is 2. The monoisotopic (exact) mass is 287 g/mol. The molecule has 0 aliphatic carbocycles. The van der Waals surface area contributed by atoms with Crippen LogP contribution in [-0.2, 0) is 11.2 Å². The second kappa shape index (κ2) is 8.01. The number of hydrogen-bond acceptors (Lipinski definition) is 3. The fourth-order valence-corrected chi connectivity index (χ4v) is 2.63. The zero-order chi connectivity index (χ0) is 15.1. The fourth-order valence-electron chi connectivity index (χ4n) is 2.63. The van der Waals surface area contributed by atoms with Gasteiger partial charge in [0.2, 0.25) is 0 Å². The van der Waals surface area contributed by atoms with Gasteiger partial charge in [-0.25, -0.2) is 0 Å². The maximum atomic E-state index is 5.59. The molecule has 0 amide bonds. The number of fused-ring (bicyclic) bond motifs is 1. The summed E-state index contributed by atoms with van der Waals surface area (Å²) in [7, 11) is 1.71. The van der Waals surface area contributed by atoms with Crippen molar-refractivity contribution in [1.29, 1.82) is 0 Å². The number of rotatable bonds is 8. The molecule has 0 bridgehead atoms. The highest BCUT2D eigenvalue weighted by atomic mass is 16.5. The summed E-state index contributed by atoms with van der Waals surface area (Å²) in [5.74, 6) is 0.903. The first-order valence-electron chi connectivity index (χ1n) is 7.65. The van der Waals surface area contributed by atoms with Crippen molar-refractivity contribution in [2.75, 3.05) is 26.9 Å². The van der Waals surface area contributed by atoms with Crippen molar-refractivity contribution in [1.82, 2.24) is 5.32 Å². The van der Waals surface area contributed by atoms with Crippen molar-refractivity contribution in [3.63, 3.8) is 0 Å². The Morgan fingerprint density at radius 2 is 2.00 bits per heavy atom. The zero-order valence-corrected chi connectivity index (χ0v) is 13.2. The SMILES string of the molecule is CCNC(COCC)Cc1cccc2ccc(OC)cc12. The van der Waals surface area contributed by atoms with Crippen LogP contribution in [0.5, 0.6) is 5.75 Å². The third-order valence-corrected chi connectivity index (χ3v) is 3.66. The summed E-state index contributed by atoms with van der Waals surface area (Å²) in [6.45, 7) is 6.61. The molecule has 2 aromatic rings. The molecule has 0 aromatic heterocycles. The first kappa shape index (κ1) is 15.8. The van der Waals surface area contributed by atoms with E-state index in [-0.39, 0.29) is 0 Å². The molecule has 0 aliphatic heterocycles. The van der Waals surface area contributed by atoms with Crippen LogP contribution in [0.4, 0.5) is 0 Å². The lowest BCUT2D eigenvalue weighted by Crippen LogP contribution is -2.35. The van der Waals surface area contributed by atoms with E-state index in [2.05, 4.69) is 42.6 Å². The minimum atomic E-state index is 0.340. The highest BCUT2D eigenvalue weighted by Gasteiger charge is 2.11. The molecule has 114 valence electrons. The molecular formula is C18H25NO2. The largest absolute Gasteiger partial charge is 0.497 e. The summed E-state index contributed by atoms with van der Waals surface area (Å²) in [5, 5.41) is 6.01. The van der Waals surface area contributed by atoms with Crippen molar-refractivity contribution >= 4 is 10.8 Å². The van der Waals surface area contributed by atoms with Gasteiger partial charge in [-0.1, -0.05) is 31.2 Å². The van der Waals surface area contributed by atoms with Gasteiger partial charge in [-0.05, 0) is 48.4 Å². The van der Waals surface area contributed by atoms with Crippen molar-refractivity contribution in [3.8, 4) is 5.75 Å². The number of hydrogen-bond donors (Lipinski definition) is 1. The predicted molar refractivity (Wildman–Crippen MR) is 88.2 cm³/mol. The van der Waals surface area contributed by atoms with Gasteiger partial charge in [0, 0.05) is 12.6 Å². The maximum absolute atomic E-state index is 5.59. The third-order valence-electron chi connectivity index (χ3n) is 3.66. The smallest absolute Gasteiger partial charge is 0.119 e. The average molecular weight is 287 g/mol. The predicted octanol–water partition coefficient (Wildman–Crippen LogP) is 3.41. The summed E-state index contributed by atoms with van der Waals surface area (Å²) < 4.78 is 10.9. The van der Waals surface area contributed by atoms with Crippen molar-refractivity contribution in [2.45, 2.75) is 26.3 Å². The molecule has 0 aliphatic rings. The van der Waals surface area contributed by atoms with Gasteiger partial charge in [-0.3, -0.25) is 0 Å². The number of methoxy groups -OCH3 is 1. The lowest BCUT2D eigenvalue weighted by molar-refractivity contribution is 0.123. The molecule has 21 heavy (non-hydrogen) atoms. The van der Waals surface area contributed by atoms with Gasteiger partial charge in [0.25, 0.3) is 0 Å². The third kappa shape index (κ3) is 4.19. The second-order valence-corrected chi connectivity index (χ2v) is 5.12. The molecule has 1 N–H and O–H groups in total. The fraction of sp³-hybridized carbons (Fsp3) is 0.444. The van der Waals surface area contributed by atoms with Gasteiger partial charge in [0.1, 0.15) is 5.75 Å². The Kier molecular flexibility index (Phi) is 6.03. The second-order valence-electron chi connectivity index (χ2n) is 5.12. The normalized spacial score (nSPS) is 12.5. The van der Waals surface area contributed by atoms with Crippen molar-refractivity contribution in [3.05, 3.63) is 42.0 Å². The van der Waals surface area contributed by atoms with Crippen molar-refractivity contribution < 1.29 is 9.47 Å². The Hall–Kier alpha value is -1.58. The van der Waals surface area contributed by atoms with E-state index in [1.807, 2.05) is 13.0 Å². The molecule has 2 rings (SSSR count). The molecule has 0 heterocycles. The highest BCUT2D eigenvalue weighted by Crippen LogP contribution is 2.25. The molecule has 3 nitrogen and oxygen atoms in total. The Balaban J connectivity index is 2.26. The van der Waals surface area contributed by atoms with Crippen LogP contribution < -0.4 is 10.1 Å². The van der Waals surface area contributed by atoms with E-state index in [0.717, 1.165) is 31.9 Å². The summed E-state index contributed by atoms with van der Waals surface area (Å²) in [6, 6.07) is 13.0. The van der Waals surface area contributed by atoms with Gasteiger partial charge in [0.15, 0.2) is 0 Å². The molecule has 0 saturated heterocycles. The maximum Gasteiger partial charge on any atom is 0.119 e. The van der Waals surface area contributed by atoms with Gasteiger partial charge in [0.05, 0.1) is 13.7 Å². The van der Waals surface area contributed by atoms with Gasteiger partial charge in [-0.2, -0.15) is 0 Å². The van der Waals surface area contributed by atoms with E-state index in [1.54, 1.807) is 7.11 Å². The van der Waals surface area contributed by atoms with Gasteiger partial charge >= 0.3 is 0 Å². The summed E-state index contributed by atoms with van der Waals surface area (Å²) in [5.41, 5.74) is 1.33. The molecule has 0 spiro atoms. The standard InChI is InChI=1S/C18H25NO2/c1-4-19-16(13-21-5-2)11-15-8-6-7-14-9-10-17(20-3)12-18(14)15/h6-10,12,16,19H,4-5,11,13H2,1-3H3. The lowest BCUT2D eigenvalue weighted by atomic mass is 9.98. The van der Waals surface area contributed by atoms with Crippen LogP contribution in [0.1, 0.15) is 19.4 Å². The van der Waals surface area contributed by atoms with E-state index in [4.69, 9.17) is 9.47 Å². The molecule has 1 unspecified atom stereocenters. The van der Waals surface area contributed by atoms with Crippen LogP contribution >= 0.6 is 0 Å². The van der Waals surface area contributed by atoms with Crippen LogP contribution in [0, 0.1) is 0 Å². The highest BCUT2D eigenvalue weighted by molar-refractivity contribution is 5.87. The summed E-state index contributed by atoms with van der Waals surface area (Å²) in [4.78, 5) is 0. The Morgan fingerprint density at radius 1 is 1.14 bits per heavy atom. The molecule has 0 fully saturated rings.